The van der Waals surface area contributed by atoms with Crippen molar-refractivity contribution in [2.45, 2.75) is 31.6 Å². The average Bonchev–Trinajstić information content (AvgIpc) is 2.28. The molecule has 0 aromatic heterocycles. The molecule has 1 saturated heterocycles. The lowest BCUT2D eigenvalue weighted by Crippen LogP contribution is -2.37. The van der Waals surface area contributed by atoms with Gasteiger partial charge in [-0.25, -0.2) is 8.42 Å². The highest BCUT2D eigenvalue weighted by Gasteiger charge is 2.27. The van der Waals surface area contributed by atoms with E-state index in [2.05, 4.69) is 18.7 Å². The Morgan fingerprint density at radius 3 is 2.32 bits per heavy atom. The van der Waals surface area contributed by atoms with Gasteiger partial charge in [0.2, 0.25) is 0 Å². The highest BCUT2D eigenvalue weighted by molar-refractivity contribution is 7.90. The summed E-state index contributed by atoms with van der Waals surface area (Å²) < 4.78 is 23.4. The normalized spacial score (nSPS) is 19.4. The zero-order valence-corrected chi connectivity index (χ0v) is 12.6. The Bertz CT molecular complexity index is 569. The Balaban J connectivity index is 2.32. The number of nitrogen functional groups attached to an aromatic ring is 1. The Morgan fingerprint density at radius 1 is 1.21 bits per heavy atom. The van der Waals surface area contributed by atoms with Gasteiger partial charge in [0.15, 0.2) is 9.84 Å². The zero-order chi connectivity index (χ0) is 14.3. The van der Waals surface area contributed by atoms with Gasteiger partial charge < -0.3 is 10.6 Å². The summed E-state index contributed by atoms with van der Waals surface area (Å²) in [7, 11) is -3.27. The minimum Gasteiger partial charge on any atom is -0.396 e. The first-order valence-electron chi connectivity index (χ1n) is 6.54. The molecule has 0 unspecified atom stereocenters. The summed E-state index contributed by atoms with van der Waals surface area (Å²) >= 11 is 0. The molecule has 1 heterocycles. The molecule has 0 amide bonds. The Hall–Kier alpha value is -1.23. The predicted molar refractivity (Wildman–Crippen MR) is 79.2 cm³/mol. The molecule has 0 atom stereocenters. The van der Waals surface area contributed by atoms with Gasteiger partial charge in [0.25, 0.3) is 0 Å². The van der Waals surface area contributed by atoms with Crippen LogP contribution in [0.5, 0.6) is 0 Å². The standard InChI is InChI=1S/C14H22N2O2S/c1-14(2)7-9-16(10-8-14)11-5-4-6-12(13(11)15)19(3,17)18/h4-6H,7-10,15H2,1-3H3. The highest BCUT2D eigenvalue weighted by atomic mass is 32.2. The Labute approximate surface area is 115 Å². The molecule has 0 aliphatic carbocycles. The van der Waals surface area contributed by atoms with Gasteiger partial charge in [-0.2, -0.15) is 0 Å². The van der Waals surface area contributed by atoms with E-state index in [9.17, 15) is 8.42 Å². The number of rotatable bonds is 2. The van der Waals surface area contributed by atoms with E-state index in [0.717, 1.165) is 31.6 Å². The van der Waals surface area contributed by atoms with Crippen LogP contribution < -0.4 is 10.6 Å². The topological polar surface area (TPSA) is 63.4 Å². The number of piperidine rings is 1. The van der Waals surface area contributed by atoms with Crippen molar-refractivity contribution in [2.75, 3.05) is 30.0 Å². The fourth-order valence-corrected chi connectivity index (χ4v) is 3.31. The van der Waals surface area contributed by atoms with Crippen molar-refractivity contribution >= 4 is 21.2 Å². The van der Waals surface area contributed by atoms with Crippen LogP contribution in [0.4, 0.5) is 11.4 Å². The van der Waals surface area contributed by atoms with Crippen LogP contribution in [-0.2, 0) is 9.84 Å². The van der Waals surface area contributed by atoms with Crippen molar-refractivity contribution in [1.82, 2.24) is 0 Å². The second kappa shape index (κ2) is 4.71. The zero-order valence-electron chi connectivity index (χ0n) is 11.8. The maximum atomic E-state index is 11.7. The van der Waals surface area contributed by atoms with E-state index >= 15 is 0 Å². The molecular weight excluding hydrogens is 260 g/mol. The van der Waals surface area contributed by atoms with Crippen molar-refractivity contribution in [3.63, 3.8) is 0 Å². The molecule has 19 heavy (non-hydrogen) atoms. The van der Waals surface area contributed by atoms with Crippen LogP contribution in [0.2, 0.25) is 0 Å². The lowest BCUT2D eigenvalue weighted by Gasteiger charge is -2.38. The number of hydrogen-bond acceptors (Lipinski definition) is 4. The van der Waals surface area contributed by atoms with Gasteiger partial charge in [-0.3, -0.25) is 0 Å². The summed E-state index contributed by atoms with van der Waals surface area (Å²) in [4.78, 5) is 2.42. The fourth-order valence-electron chi connectivity index (χ4n) is 2.48. The highest BCUT2D eigenvalue weighted by Crippen LogP contribution is 2.36. The molecule has 1 aliphatic rings. The van der Waals surface area contributed by atoms with Crippen LogP contribution in [0.3, 0.4) is 0 Å². The first-order chi connectivity index (χ1) is 8.71. The van der Waals surface area contributed by atoms with E-state index in [1.165, 1.54) is 6.26 Å². The third kappa shape index (κ3) is 3.03. The molecule has 5 heteroatoms. The molecule has 4 nitrogen and oxygen atoms in total. The molecule has 1 fully saturated rings. The van der Waals surface area contributed by atoms with E-state index in [1.807, 2.05) is 6.07 Å². The molecule has 0 radical (unpaired) electrons. The number of hydrogen-bond donors (Lipinski definition) is 1. The summed E-state index contributed by atoms with van der Waals surface area (Å²) in [5.41, 5.74) is 7.63. The Morgan fingerprint density at radius 2 is 1.79 bits per heavy atom. The second-order valence-electron chi connectivity index (χ2n) is 6.11. The van der Waals surface area contributed by atoms with Crippen LogP contribution in [0.1, 0.15) is 26.7 Å². The third-order valence-electron chi connectivity index (χ3n) is 3.90. The van der Waals surface area contributed by atoms with Crippen LogP contribution in [-0.4, -0.2) is 27.8 Å². The van der Waals surface area contributed by atoms with Crippen molar-refractivity contribution in [1.29, 1.82) is 0 Å². The smallest absolute Gasteiger partial charge is 0.177 e. The van der Waals surface area contributed by atoms with Crippen molar-refractivity contribution < 1.29 is 8.42 Å². The molecule has 1 aromatic carbocycles. The van der Waals surface area contributed by atoms with Gasteiger partial charge in [0.1, 0.15) is 0 Å². The van der Waals surface area contributed by atoms with Crippen molar-refractivity contribution in [3.05, 3.63) is 18.2 Å². The third-order valence-corrected chi connectivity index (χ3v) is 5.06. The summed E-state index contributed by atoms with van der Waals surface area (Å²) in [5.74, 6) is 0. The minimum atomic E-state index is -3.27. The lowest BCUT2D eigenvalue weighted by molar-refractivity contribution is 0.280. The van der Waals surface area contributed by atoms with Crippen LogP contribution in [0.25, 0.3) is 0 Å². The fraction of sp³-hybridized carbons (Fsp3) is 0.571. The molecule has 2 rings (SSSR count). The molecule has 0 bridgehead atoms. The van der Waals surface area contributed by atoms with Crippen molar-refractivity contribution in [3.8, 4) is 0 Å². The molecule has 0 spiro atoms. The number of sulfone groups is 1. The van der Waals surface area contributed by atoms with Gasteiger partial charge in [-0.1, -0.05) is 19.9 Å². The quantitative estimate of drug-likeness (QED) is 0.845. The molecule has 0 saturated carbocycles. The van der Waals surface area contributed by atoms with Crippen LogP contribution in [0, 0.1) is 5.41 Å². The minimum absolute atomic E-state index is 0.231. The number of anilines is 2. The van der Waals surface area contributed by atoms with E-state index in [0.29, 0.717) is 11.1 Å². The summed E-state index contributed by atoms with van der Waals surface area (Å²) in [5, 5.41) is 0. The molecular formula is C14H22N2O2S. The first-order valence-corrected chi connectivity index (χ1v) is 8.43. The van der Waals surface area contributed by atoms with Gasteiger partial charge >= 0.3 is 0 Å². The van der Waals surface area contributed by atoms with Crippen LogP contribution >= 0.6 is 0 Å². The van der Waals surface area contributed by atoms with E-state index in [1.54, 1.807) is 12.1 Å². The largest absolute Gasteiger partial charge is 0.396 e. The number of nitrogens with zero attached hydrogens (tertiary/aromatic N) is 1. The number of para-hydroxylation sites is 1. The van der Waals surface area contributed by atoms with Crippen molar-refractivity contribution in [2.24, 2.45) is 5.41 Å². The Kier molecular flexibility index (Phi) is 3.51. The van der Waals surface area contributed by atoms with E-state index in [4.69, 9.17) is 5.73 Å². The molecule has 2 N–H and O–H groups in total. The molecule has 106 valence electrons. The van der Waals surface area contributed by atoms with E-state index < -0.39 is 9.84 Å². The maximum Gasteiger partial charge on any atom is 0.177 e. The van der Waals surface area contributed by atoms with Gasteiger partial charge in [-0.05, 0) is 30.4 Å². The predicted octanol–water partition coefficient (Wildman–Crippen LogP) is 2.30. The van der Waals surface area contributed by atoms with Gasteiger partial charge in [0.05, 0.1) is 16.3 Å². The summed E-state index contributed by atoms with van der Waals surface area (Å²) in [6.07, 6.45) is 3.38. The molecule has 1 aliphatic heterocycles. The number of nitrogens with two attached hydrogens (primary N) is 1. The first kappa shape index (κ1) is 14.2. The summed E-state index contributed by atoms with van der Waals surface area (Å²) in [6.45, 7) is 6.37. The SMILES string of the molecule is CC1(C)CCN(c2cccc(S(C)(=O)=O)c2N)CC1. The maximum absolute atomic E-state index is 11.7. The van der Waals surface area contributed by atoms with E-state index in [-0.39, 0.29) is 4.90 Å². The lowest BCUT2D eigenvalue weighted by atomic mass is 9.82. The van der Waals surface area contributed by atoms with Crippen LogP contribution in [0.15, 0.2) is 23.1 Å². The molecule has 1 aromatic rings. The van der Waals surface area contributed by atoms with Gasteiger partial charge in [-0.15, -0.1) is 0 Å². The monoisotopic (exact) mass is 282 g/mol. The second-order valence-corrected chi connectivity index (χ2v) is 8.10. The van der Waals surface area contributed by atoms with Gasteiger partial charge in [0, 0.05) is 19.3 Å². The number of benzene rings is 1. The summed E-state index contributed by atoms with van der Waals surface area (Å²) in [6, 6.07) is 5.24. The average molecular weight is 282 g/mol.